The lowest BCUT2D eigenvalue weighted by molar-refractivity contribution is -0.137. The van der Waals surface area contributed by atoms with E-state index in [2.05, 4.69) is 15.6 Å². The number of aliphatic imine (C=N–C) groups is 1. The molecule has 0 fully saturated rings. The molecule has 2 aromatic rings. The summed E-state index contributed by atoms with van der Waals surface area (Å²) in [5.74, 6) is 1.29. The molecule has 0 aliphatic rings. The molecule has 0 radical (unpaired) electrons. The molecule has 0 aromatic heterocycles. The minimum absolute atomic E-state index is 0.233. The van der Waals surface area contributed by atoms with Crippen molar-refractivity contribution in [3.05, 3.63) is 65.2 Å². The highest BCUT2D eigenvalue weighted by atomic mass is 19.4. The smallest absolute Gasteiger partial charge is 0.416 e. The molecule has 0 saturated heterocycles. The van der Waals surface area contributed by atoms with Gasteiger partial charge in [0.25, 0.3) is 0 Å². The largest absolute Gasteiger partial charge is 0.492 e. The van der Waals surface area contributed by atoms with Crippen molar-refractivity contribution in [2.75, 3.05) is 34.3 Å². The molecule has 0 bridgehead atoms. The lowest BCUT2D eigenvalue weighted by atomic mass is 10.1. The summed E-state index contributed by atoms with van der Waals surface area (Å²) in [4.78, 5) is 6.16. The highest BCUT2D eigenvalue weighted by Gasteiger charge is 2.30. The van der Waals surface area contributed by atoms with E-state index in [1.54, 1.807) is 13.1 Å². The monoisotopic (exact) mass is 408 g/mol. The van der Waals surface area contributed by atoms with Gasteiger partial charge in [0, 0.05) is 26.7 Å². The molecule has 5 nitrogen and oxygen atoms in total. The van der Waals surface area contributed by atoms with Crippen LogP contribution in [-0.2, 0) is 19.3 Å². The van der Waals surface area contributed by atoms with Gasteiger partial charge in [-0.3, -0.25) is 4.99 Å². The molecule has 0 aliphatic carbocycles. The van der Waals surface area contributed by atoms with Gasteiger partial charge >= 0.3 is 6.18 Å². The molecule has 0 spiro atoms. The Morgan fingerprint density at radius 2 is 1.62 bits per heavy atom. The van der Waals surface area contributed by atoms with Crippen LogP contribution in [-0.4, -0.2) is 45.2 Å². The maximum absolute atomic E-state index is 12.8. The van der Waals surface area contributed by atoms with Crippen LogP contribution in [0.3, 0.4) is 0 Å². The molecule has 2 N–H and O–H groups in total. The molecule has 0 amide bonds. The average Bonchev–Trinajstić information content (AvgIpc) is 2.68. The van der Waals surface area contributed by atoms with Crippen molar-refractivity contribution in [2.45, 2.75) is 19.3 Å². The number of guanidine groups is 1. The third kappa shape index (κ3) is 8.03. The Morgan fingerprint density at radius 3 is 2.21 bits per heavy atom. The number of hydrogen-bond donors (Lipinski definition) is 2. The number of ether oxygens (including phenoxy) is 1. The molecule has 0 atom stereocenters. The van der Waals surface area contributed by atoms with Crippen LogP contribution in [0.1, 0.15) is 16.7 Å². The number of nitrogens with zero attached hydrogens (tertiary/aromatic N) is 2. The first kappa shape index (κ1) is 22.5. The highest BCUT2D eigenvalue weighted by molar-refractivity contribution is 5.79. The van der Waals surface area contributed by atoms with Crippen molar-refractivity contribution in [3.8, 4) is 5.75 Å². The molecule has 0 saturated carbocycles. The Kier molecular flexibility index (Phi) is 8.33. The van der Waals surface area contributed by atoms with Crippen LogP contribution in [0, 0.1) is 0 Å². The zero-order valence-corrected chi connectivity index (χ0v) is 16.9. The first-order valence-electron chi connectivity index (χ1n) is 9.25. The van der Waals surface area contributed by atoms with Crippen molar-refractivity contribution in [2.24, 2.45) is 4.99 Å². The van der Waals surface area contributed by atoms with Gasteiger partial charge in [0.15, 0.2) is 5.96 Å². The molecule has 0 heterocycles. The van der Waals surface area contributed by atoms with E-state index < -0.39 is 11.7 Å². The third-order valence-electron chi connectivity index (χ3n) is 4.10. The van der Waals surface area contributed by atoms with Crippen molar-refractivity contribution in [1.82, 2.24) is 15.5 Å². The summed E-state index contributed by atoms with van der Waals surface area (Å²) in [6.45, 7) is 2.17. The van der Waals surface area contributed by atoms with Gasteiger partial charge in [-0.05, 0) is 49.5 Å². The number of likely N-dealkylation sites (N-methyl/N-ethyl adjacent to an activating group) is 1. The van der Waals surface area contributed by atoms with Crippen molar-refractivity contribution < 1.29 is 17.9 Å². The third-order valence-corrected chi connectivity index (χ3v) is 4.10. The molecule has 2 rings (SSSR count). The van der Waals surface area contributed by atoms with Gasteiger partial charge < -0.3 is 20.3 Å². The molecular weight excluding hydrogens is 381 g/mol. The van der Waals surface area contributed by atoms with E-state index in [4.69, 9.17) is 4.74 Å². The number of rotatable bonds is 8. The van der Waals surface area contributed by atoms with E-state index in [0.717, 1.165) is 30.0 Å². The minimum Gasteiger partial charge on any atom is -0.492 e. The summed E-state index contributed by atoms with van der Waals surface area (Å²) in [5.41, 5.74) is 0.874. The molecule has 29 heavy (non-hydrogen) atoms. The second-order valence-electron chi connectivity index (χ2n) is 6.78. The van der Waals surface area contributed by atoms with Crippen LogP contribution in [0.25, 0.3) is 0 Å². The molecule has 8 heteroatoms. The Labute approximate surface area is 169 Å². The standard InChI is InChI=1S/C21H27F3N4O/c1-25-20(26-14-16-6-4-8-18(12-16)21(22,23)24)27-15-17-7-5-9-19(13-17)29-11-10-28(2)3/h4-9,12-13H,10-11,14-15H2,1-3H3,(H2,25,26,27). The molecule has 0 unspecified atom stereocenters. The lowest BCUT2D eigenvalue weighted by Gasteiger charge is -2.14. The maximum Gasteiger partial charge on any atom is 0.416 e. The molecule has 158 valence electrons. The number of hydrogen-bond acceptors (Lipinski definition) is 3. The van der Waals surface area contributed by atoms with Crippen LogP contribution < -0.4 is 15.4 Å². The number of halogens is 3. The van der Waals surface area contributed by atoms with E-state index in [-0.39, 0.29) is 6.54 Å². The summed E-state index contributed by atoms with van der Waals surface area (Å²) in [5, 5.41) is 6.19. The minimum atomic E-state index is -4.35. The quantitative estimate of drug-likeness (QED) is 0.519. The Balaban J connectivity index is 1.86. The average molecular weight is 408 g/mol. The van der Waals surface area contributed by atoms with E-state index in [0.29, 0.717) is 24.7 Å². The number of benzene rings is 2. The summed E-state index contributed by atoms with van der Waals surface area (Å²) >= 11 is 0. The second-order valence-corrected chi connectivity index (χ2v) is 6.78. The van der Waals surface area contributed by atoms with Gasteiger partial charge in [0.05, 0.1) is 5.56 Å². The summed E-state index contributed by atoms with van der Waals surface area (Å²) in [7, 11) is 5.59. The Hall–Kier alpha value is -2.74. The Morgan fingerprint density at radius 1 is 1.00 bits per heavy atom. The normalized spacial score (nSPS) is 12.2. The summed E-state index contributed by atoms with van der Waals surface area (Å²) in [6, 6.07) is 13.0. The first-order chi connectivity index (χ1) is 13.8. The summed E-state index contributed by atoms with van der Waals surface area (Å²) < 4.78 is 44.2. The van der Waals surface area contributed by atoms with E-state index in [9.17, 15) is 13.2 Å². The van der Waals surface area contributed by atoms with Crippen LogP contribution in [0.15, 0.2) is 53.5 Å². The lowest BCUT2D eigenvalue weighted by Crippen LogP contribution is -2.36. The molecule has 0 aliphatic heterocycles. The van der Waals surface area contributed by atoms with Crippen molar-refractivity contribution in [3.63, 3.8) is 0 Å². The zero-order valence-electron chi connectivity index (χ0n) is 16.9. The van der Waals surface area contributed by atoms with Crippen molar-refractivity contribution >= 4 is 5.96 Å². The second kappa shape index (κ2) is 10.7. The fraction of sp³-hybridized carbons (Fsp3) is 0.381. The predicted molar refractivity (Wildman–Crippen MR) is 109 cm³/mol. The molecular formula is C21H27F3N4O. The predicted octanol–water partition coefficient (Wildman–Crippen LogP) is 3.51. The fourth-order valence-electron chi connectivity index (χ4n) is 2.54. The van der Waals surface area contributed by atoms with Gasteiger partial charge in [-0.1, -0.05) is 24.3 Å². The van der Waals surface area contributed by atoms with Crippen LogP contribution in [0.2, 0.25) is 0 Å². The number of alkyl halides is 3. The first-order valence-corrected chi connectivity index (χ1v) is 9.25. The van der Waals surface area contributed by atoms with E-state index in [1.165, 1.54) is 6.07 Å². The maximum atomic E-state index is 12.8. The van der Waals surface area contributed by atoms with Gasteiger partial charge in [-0.25, -0.2) is 0 Å². The van der Waals surface area contributed by atoms with Gasteiger partial charge in [0.2, 0.25) is 0 Å². The topological polar surface area (TPSA) is 48.9 Å². The van der Waals surface area contributed by atoms with Crippen molar-refractivity contribution in [1.29, 1.82) is 0 Å². The van der Waals surface area contributed by atoms with Crippen LogP contribution in [0.4, 0.5) is 13.2 Å². The van der Waals surface area contributed by atoms with E-state index >= 15 is 0 Å². The van der Waals surface area contributed by atoms with Gasteiger partial charge in [-0.15, -0.1) is 0 Å². The Bertz CT molecular complexity index is 807. The zero-order chi connectivity index (χ0) is 21.3. The molecule has 2 aromatic carbocycles. The SMILES string of the molecule is CN=C(NCc1cccc(OCCN(C)C)c1)NCc1cccc(C(F)(F)F)c1. The van der Waals surface area contributed by atoms with Crippen LogP contribution >= 0.6 is 0 Å². The van der Waals surface area contributed by atoms with Gasteiger partial charge in [-0.2, -0.15) is 13.2 Å². The van der Waals surface area contributed by atoms with Crippen LogP contribution in [0.5, 0.6) is 5.75 Å². The van der Waals surface area contributed by atoms with E-state index in [1.807, 2.05) is 43.3 Å². The fourth-order valence-corrected chi connectivity index (χ4v) is 2.54. The highest BCUT2D eigenvalue weighted by Crippen LogP contribution is 2.29. The van der Waals surface area contributed by atoms with Gasteiger partial charge in [0.1, 0.15) is 12.4 Å². The summed E-state index contributed by atoms with van der Waals surface area (Å²) in [6.07, 6.45) is -4.35. The number of nitrogens with one attached hydrogen (secondary N) is 2.